The molecule has 0 bridgehead atoms. The smallest absolute Gasteiger partial charge is 0.257 e. The van der Waals surface area contributed by atoms with E-state index in [1.807, 2.05) is 0 Å². The normalized spacial score (nSPS) is 23.1. The highest BCUT2D eigenvalue weighted by atomic mass is 32.2. The van der Waals surface area contributed by atoms with Crippen molar-refractivity contribution < 1.29 is 23.1 Å². The molecule has 0 spiro atoms. The Balaban J connectivity index is 2.17. The highest BCUT2D eigenvalue weighted by Crippen LogP contribution is 2.29. The first-order valence-corrected chi connectivity index (χ1v) is 6.34. The van der Waals surface area contributed by atoms with E-state index < -0.39 is 29.0 Å². The summed E-state index contributed by atoms with van der Waals surface area (Å²) in [6.07, 6.45) is 0.273. The highest BCUT2D eigenvalue weighted by molar-refractivity contribution is 7.99. The van der Waals surface area contributed by atoms with Crippen LogP contribution in [-0.4, -0.2) is 28.1 Å². The van der Waals surface area contributed by atoms with Gasteiger partial charge in [-0.05, 0) is 12.2 Å². The lowest BCUT2D eigenvalue weighted by Crippen LogP contribution is -2.42. The van der Waals surface area contributed by atoms with Gasteiger partial charge in [-0.1, -0.05) is 0 Å². The van der Waals surface area contributed by atoms with Crippen molar-refractivity contribution in [1.82, 2.24) is 0 Å². The zero-order chi connectivity index (χ0) is 13.3. The maximum absolute atomic E-state index is 12.9. The maximum atomic E-state index is 12.9. The summed E-state index contributed by atoms with van der Waals surface area (Å²) in [6, 6.07) is 1.34. The molecule has 0 saturated carbocycles. The van der Waals surface area contributed by atoms with Crippen LogP contribution < -0.4 is 5.32 Å². The Bertz CT molecular complexity index is 466. The summed E-state index contributed by atoms with van der Waals surface area (Å²) in [7, 11) is 0. The quantitative estimate of drug-likeness (QED) is 0.812. The van der Waals surface area contributed by atoms with Crippen molar-refractivity contribution in [3.63, 3.8) is 0 Å². The lowest BCUT2D eigenvalue weighted by Gasteiger charge is -2.20. The van der Waals surface area contributed by atoms with E-state index in [4.69, 9.17) is 0 Å². The molecular formula is C11H10F3NO2S. The Morgan fingerprint density at radius 3 is 2.44 bits per heavy atom. The van der Waals surface area contributed by atoms with E-state index in [2.05, 4.69) is 5.32 Å². The van der Waals surface area contributed by atoms with Gasteiger partial charge in [-0.3, -0.25) is 4.79 Å². The van der Waals surface area contributed by atoms with Crippen LogP contribution in [0.2, 0.25) is 0 Å². The van der Waals surface area contributed by atoms with Crippen LogP contribution in [0.1, 0.15) is 6.42 Å². The van der Waals surface area contributed by atoms with E-state index in [0.29, 0.717) is 17.9 Å². The number of amides is 1. The second-order valence-corrected chi connectivity index (χ2v) is 5.15. The van der Waals surface area contributed by atoms with Crippen LogP contribution in [0.4, 0.5) is 18.9 Å². The third kappa shape index (κ3) is 2.46. The predicted molar refractivity (Wildman–Crippen MR) is 61.8 cm³/mol. The topological polar surface area (TPSA) is 49.3 Å². The Morgan fingerprint density at radius 1 is 1.33 bits per heavy atom. The number of hydrogen-bond donors (Lipinski definition) is 2. The van der Waals surface area contributed by atoms with Crippen LogP contribution in [0, 0.1) is 17.5 Å². The molecule has 2 N–H and O–H groups in total. The molecule has 1 amide bonds. The first-order valence-electron chi connectivity index (χ1n) is 5.18. The molecule has 1 aliphatic heterocycles. The van der Waals surface area contributed by atoms with Crippen LogP contribution in [0.15, 0.2) is 12.1 Å². The molecule has 7 heteroatoms. The molecule has 2 rings (SSSR count). The van der Waals surface area contributed by atoms with Crippen molar-refractivity contribution in [2.75, 3.05) is 16.8 Å². The van der Waals surface area contributed by atoms with Gasteiger partial charge in [-0.25, -0.2) is 13.2 Å². The van der Waals surface area contributed by atoms with E-state index in [-0.39, 0.29) is 17.9 Å². The van der Waals surface area contributed by atoms with Crippen LogP contribution in [0.5, 0.6) is 0 Å². The van der Waals surface area contributed by atoms with E-state index in [0.717, 1.165) is 0 Å². The summed E-state index contributed by atoms with van der Waals surface area (Å²) in [4.78, 5) is 11.7. The number of anilines is 1. The molecular weight excluding hydrogens is 267 g/mol. The minimum absolute atomic E-state index is 0.221. The number of nitrogens with one attached hydrogen (secondary N) is 1. The Morgan fingerprint density at radius 2 is 1.94 bits per heavy atom. The first kappa shape index (κ1) is 13.2. The van der Waals surface area contributed by atoms with Crippen molar-refractivity contribution in [3.8, 4) is 0 Å². The fraction of sp³-hybridized carbons (Fsp3) is 0.364. The van der Waals surface area contributed by atoms with Gasteiger partial charge in [0.15, 0.2) is 23.1 Å². The third-order valence-corrected chi connectivity index (χ3v) is 3.84. The number of thioether (sulfide) groups is 1. The lowest BCUT2D eigenvalue weighted by atomic mass is 10.0. The number of carbonyl (C=O) groups is 1. The molecule has 1 aromatic rings. The molecule has 1 atom stereocenters. The van der Waals surface area contributed by atoms with Crippen LogP contribution >= 0.6 is 11.8 Å². The fourth-order valence-electron chi connectivity index (χ4n) is 1.61. The maximum Gasteiger partial charge on any atom is 0.257 e. The zero-order valence-electron chi connectivity index (χ0n) is 9.17. The molecule has 0 radical (unpaired) electrons. The van der Waals surface area contributed by atoms with Crippen molar-refractivity contribution in [2.45, 2.75) is 12.0 Å². The fourth-order valence-corrected chi connectivity index (χ4v) is 2.85. The highest BCUT2D eigenvalue weighted by Gasteiger charge is 2.39. The molecule has 1 fully saturated rings. The summed E-state index contributed by atoms with van der Waals surface area (Å²) in [6.45, 7) is 0. The molecule has 1 aromatic carbocycles. The third-order valence-electron chi connectivity index (χ3n) is 2.67. The number of aliphatic hydroxyl groups is 1. The monoisotopic (exact) mass is 277 g/mol. The Kier molecular flexibility index (Phi) is 3.54. The minimum Gasteiger partial charge on any atom is -0.379 e. The molecule has 0 aromatic heterocycles. The van der Waals surface area contributed by atoms with Gasteiger partial charge in [-0.2, -0.15) is 11.8 Å². The Hall–Kier alpha value is -1.21. The number of benzene rings is 1. The van der Waals surface area contributed by atoms with E-state index >= 15 is 0 Å². The number of hydrogen-bond acceptors (Lipinski definition) is 3. The van der Waals surface area contributed by atoms with Gasteiger partial charge in [0, 0.05) is 23.6 Å². The summed E-state index contributed by atoms with van der Waals surface area (Å²) < 4.78 is 38.6. The molecule has 18 heavy (non-hydrogen) atoms. The summed E-state index contributed by atoms with van der Waals surface area (Å²) in [5.41, 5.74) is -1.76. The van der Waals surface area contributed by atoms with Crippen molar-refractivity contribution in [2.24, 2.45) is 0 Å². The lowest BCUT2D eigenvalue weighted by molar-refractivity contribution is -0.131. The predicted octanol–water partition coefficient (Wildman–Crippen LogP) is 1.91. The van der Waals surface area contributed by atoms with E-state index in [9.17, 15) is 23.1 Å². The molecule has 3 nitrogen and oxygen atoms in total. The van der Waals surface area contributed by atoms with Gasteiger partial charge < -0.3 is 10.4 Å². The molecule has 1 aliphatic rings. The molecule has 1 unspecified atom stereocenters. The van der Waals surface area contributed by atoms with Crippen LogP contribution in [0.25, 0.3) is 0 Å². The van der Waals surface area contributed by atoms with Gasteiger partial charge in [0.25, 0.3) is 5.91 Å². The van der Waals surface area contributed by atoms with Gasteiger partial charge >= 0.3 is 0 Å². The van der Waals surface area contributed by atoms with Crippen molar-refractivity contribution in [1.29, 1.82) is 0 Å². The Labute approximate surface area is 105 Å². The average Bonchev–Trinajstić information content (AvgIpc) is 2.74. The number of halogens is 3. The molecule has 1 heterocycles. The van der Waals surface area contributed by atoms with Crippen LogP contribution in [0.3, 0.4) is 0 Å². The second kappa shape index (κ2) is 4.81. The average molecular weight is 277 g/mol. The zero-order valence-corrected chi connectivity index (χ0v) is 9.99. The van der Waals surface area contributed by atoms with Gasteiger partial charge in [0.1, 0.15) is 0 Å². The van der Waals surface area contributed by atoms with Crippen LogP contribution in [-0.2, 0) is 4.79 Å². The number of rotatable bonds is 2. The van der Waals surface area contributed by atoms with E-state index in [1.165, 1.54) is 11.8 Å². The summed E-state index contributed by atoms with van der Waals surface area (Å²) >= 11 is 1.41. The SMILES string of the molecule is O=C(Nc1cc(F)c(F)c(F)c1)C1(O)CCSC1. The number of carbonyl (C=O) groups excluding carboxylic acids is 1. The van der Waals surface area contributed by atoms with Gasteiger partial charge in [0.05, 0.1) is 0 Å². The minimum atomic E-state index is -1.59. The second-order valence-electron chi connectivity index (χ2n) is 4.04. The summed E-state index contributed by atoms with van der Waals surface area (Å²) in [5, 5.41) is 12.1. The van der Waals surface area contributed by atoms with Gasteiger partial charge in [0.2, 0.25) is 0 Å². The summed E-state index contributed by atoms with van der Waals surface area (Å²) in [5.74, 6) is -4.25. The first-order chi connectivity index (χ1) is 8.42. The van der Waals surface area contributed by atoms with E-state index in [1.54, 1.807) is 0 Å². The van der Waals surface area contributed by atoms with Crippen molar-refractivity contribution in [3.05, 3.63) is 29.6 Å². The molecule has 0 aliphatic carbocycles. The standard InChI is InChI=1S/C11H10F3NO2S/c12-7-3-6(4-8(13)9(7)14)15-10(16)11(17)1-2-18-5-11/h3-4,17H,1-2,5H2,(H,15,16). The largest absolute Gasteiger partial charge is 0.379 e. The molecule has 1 saturated heterocycles. The van der Waals surface area contributed by atoms with Gasteiger partial charge in [-0.15, -0.1) is 0 Å². The molecule has 98 valence electrons. The van der Waals surface area contributed by atoms with Crippen molar-refractivity contribution >= 4 is 23.4 Å².